The Labute approximate surface area is 157 Å². The number of benzene rings is 3. The topological polar surface area (TPSA) is 3.24 Å². The molecule has 26 heavy (non-hydrogen) atoms. The van der Waals surface area contributed by atoms with Gasteiger partial charge in [0.25, 0.3) is 0 Å². The Morgan fingerprint density at radius 1 is 0.769 bits per heavy atom. The zero-order valence-electron chi connectivity index (χ0n) is 15.5. The number of rotatable bonds is 7. The molecule has 0 amide bonds. The molecule has 3 aromatic rings. The molecule has 0 saturated heterocycles. The van der Waals surface area contributed by atoms with Crippen LogP contribution in [0, 0.1) is 0 Å². The molecule has 3 aromatic carbocycles. The first-order valence-electron chi connectivity index (χ1n) is 9.63. The van der Waals surface area contributed by atoms with Gasteiger partial charge in [-0.3, -0.25) is 4.90 Å². The first kappa shape index (κ1) is 17.1. The Morgan fingerprint density at radius 2 is 1.31 bits per heavy atom. The zero-order valence-corrected chi connectivity index (χ0v) is 15.5. The van der Waals surface area contributed by atoms with Gasteiger partial charge in [-0.2, -0.15) is 0 Å². The predicted octanol–water partition coefficient (Wildman–Crippen LogP) is 5.46. The van der Waals surface area contributed by atoms with Gasteiger partial charge in [0.2, 0.25) is 0 Å². The van der Waals surface area contributed by atoms with Crippen LogP contribution in [0.15, 0.2) is 91.0 Å². The summed E-state index contributed by atoms with van der Waals surface area (Å²) in [5.74, 6) is 0. The van der Waals surface area contributed by atoms with E-state index in [0.29, 0.717) is 6.04 Å². The van der Waals surface area contributed by atoms with Crippen LogP contribution in [0.25, 0.3) is 0 Å². The van der Waals surface area contributed by atoms with Crippen molar-refractivity contribution >= 4 is 0 Å². The highest BCUT2D eigenvalue weighted by Gasteiger charge is 2.53. The van der Waals surface area contributed by atoms with Crippen molar-refractivity contribution in [2.75, 3.05) is 6.54 Å². The van der Waals surface area contributed by atoms with Crippen LogP contribution in [0.3, 0.4) is 0 Å². The van der Waals surface area contributed by atoms with Gasteiger partial charge in [0.1, 0.15) is 0 Å². The van der Waals surface area contributed by atoms with Crippen LogP contribution in [0.4, 0.5) is 0 Å². The highest BCUT2D eigenvalue weighted by Crippen LogP contribution is 2.51. The molecule has 1 aliphatic carbocycles. The van der Waals surface area contributed by atoms with Crippen LogP contribution < -0.4 is 0 Å². The fourth-order valence-corrected chi connectivity index (χ4v) is 4.08. The van der Waals surface area contributed by atoms with Gasteiger partial charge >= 0.3 is 0 Å². The van der Waals surface area contributed by atoms with Crippen LogP contribution in [0.5, 0.6) is 0 Å². The molecule has 0 radical (unpaired) electrons. The molecule has 1 saturated carbocycles. The van der Waals surface area contributed by atoms with Gasteiger partial charge in [-0.15, -0.1) is 0 Å². The molecule has 0 spiro atoms. The molecule has 1 aliphatic rings. The lowest BCUT2D eigenvalue weighted by molar-refractivity contribution is 0.241. The SMILES string of the molecule is C[C@@]1(c2ccccc2)C[C@H]1N(CCc1ccccc1)Cc1ccccc1. The van der Waals surface area contributed by atoms with E-state index in [-0.39, 0.29) is 5.41 Å². The Balaban J connectivity index is 1.51. The molecule has 1 heteroatoms. The molecule has 2 atom stereocenters. The van der Waals surface area contributed by atoms with Gasteiger partial charge < -0.3 is 0 Å². The van der Waals surface area contributed by atoms with Crippen molar-refractivity contribution in [2.24, 2.45) is 0 Å². The maximum atomic E-state index is 2.69. The van der Waals surface area contributed by atoms with Crippen molar-refractivity contribution in [2.45, 2.75) is 37.8 Å². The average molecular weight is 341 g/mol. The summed E-state index contributed by atoms with van der Waals surface area (Å²) in [5.41, 5.74) is 4.59. The molecule has 132 valence electrons. The molecule has 0 N–H and O–H groups in total. The number of nitrogens with zero attached hydrogens (tertiary/aromatic N) is 1. The van der Waals surface area contributed by atoms with Crippen LogP contribution in [0.2, 0.25) is 0 Å². The predicted molar refractivity (Wildman–Crippen MR) is 109 cm³/mol. The largest absolute Gasteiger partial charge is 0.295 e. The minimum atomic E-state index is 0.284. The van der Waals surface area contributed by atoms with E-state index < -0.39 is 0 Å². The van der Waals surface area contributed by atoms with E-state index in [9.17, 15) is 0 Å². The lowest BCUT2D eigenvalue weighted by Gasteiger charge is -2.26. The second kappa shape index (κ2) is 7.47. The summed E-state index contributed by atoms with van der Waals surface area (Å²) in [6.45, 7) is 4.56. The molecule has 0 aromatic heterocycles. The summed E-state index contributed by atoms with van der Waals surface area (Å²) in [6.07, 6.45) is 2.35. The van der Waals surface area contributed by atoms with Crippen molar-refractivity contribution < 1.29 is 0 Å². The summed E-state index contributed by atoms with van der Waals surface area (Å²) < 4.78 is 0. The van der Waals surface area contributed by atoms with Crippen molar-refractivity contribution in [3.63, 3.8) is 0 Å². The number of hydrogen-bond acceptors (Lipinski definition) is 1. The highest BCUT2D eigenvalue weighted by atomic mass is 15.2. The van der Waals surface area contributed by atoms with E-state index in [1.54, 1.807) is 0 Å². The van der Waals surface area contributed by atoms with Crippen molar-refractivity contribution in [3.05, 3.63) is 108 Å². The summed E-state index contributed by atoms with van der Waals surface area (Å²) in [6, 6.07) is 33.4. The van der Waals surface area contributed by atoms with Gasteiger partial charge in [-0.1, -0.05) is 97.9 Å². The minimum absolute atomic E-state index is 0.284. The third-order valence-electron chi connectivity index (χ3n) is 5.83. The van der Waals surface area contributed by atoms with Gasteiger partial charge in [0.15, 0.2) is 0 Å². The highest BCUT2D eigenvalue weighted by molar-refractivity contribution is 5.35. The van der Waals surface area contributed by atoms with E-state index >= 15 is 0 Å². The summed E-state index contributed by atoms with van der Waals surface area (Å²) in [7, 11) is 0. The van der Waals surface area contributed by atoms with Gasteiger partial charge in [-0.05, 0) is 29.5 Å². The molecule has 1 nitrogen and oxygen atoms in total. The van der Waals surface area contributed by atoms with Crippen molar-refractivity contribution in [3.8, 4) is 0 Å². The van der Waals surface area contributed by atoms with Crippen molar-refractivity contribution in [1.29, 1.82) is 0 Å². The maximum Gasteiger partial charge on any atom is 0.0237 e. The second-order valence-corrected chi connectivity index (χ2v) is 7.70. The van der Waals surface area contributed by atoms with Gasteiger partial charge in [-0.25, -0.2) is 0 Å². The van der Waals surface area contributed by atoms with E-state index in [1.807, 2.05) is 0 Å². The molecule has 0 aliphatic heterocycles. The van der Waals surface area contributed by atoms with Crippen LogP contribution in [-0.2, 0) is 18.4 Å². The molecule has 4 rings (SSSR count). The summed E-state index contributed by atoms with van der Waals surface area (Å²) >= 11 is 0. The smallest absolute Gasteiger partial charge is 0.0237 e. The second-order valence-electron chi connectivity index (χ2n) is 7.70. The van der Waals surface area contributed by atoms with E-state index in [1.165, 1.54) is 23.1 Å². The normalized spacial score (nSPS) is 21.7. The lowest BCUT2D eigenvalue weighted by atomic mass is 9.97. The van der Waals surface area contributed by atoms with Crippen LogP contribution in [-0.4, -0.2) is 17.5 Å². The first-order chi connectivity index (χ1) is 12.8. The molecular weight excluding hydrogens is 314 g/mol. The fourth-order valence-electron chi connectivity index (χ4n) is 4.08. The lowest BCUT2D eigenvalue weighted by Crippen LogP contribution is -2.32. The Morgan fingerprint density at radius 3 is 1.92 bits per heavy atom. The third-order valence-corrected chi connectivity index (χ3v) is 5.83. The maximum absolute atomic E-state index is 2.69. The van der Waals surface area contributed by atoms with Crippen molar-refractivity contribution in [1.82, 2.24) is 4.90 Å². The monoisotopic (exact) mass is 341 g/mol. The van der Waals surface area contributed by atoms with E-state index in [2.05, 4.69) is 103 Å². The summed E-state index contributed by atoms with van der Waals surface area (Å²) in [4.78, 5) is 2.69. The Hall–Kier alpha value is -2.38. The Bertz CT molecular complexity index is 813. The Kier molecular flexibility index (Phi) is 4.90. The molecule has 1 fully saturated rings. The molecule has 0 bridgehead atoms. The first-order valence-corrected chi connectivity index (χ1v) is 9.63. The average Bonchev–Trinajstić information content (AvgIpc) is 3.40. The standard InChI is InChI=1S/C25H27N/c1-25(23-15-9-4-10-16-23)19-24(25)26(20-22-13-7-3-8-14-22)18-17-21-11-5-2-6-12-21/h2-16,24H,17-20H2,1H3/t24-,25+/m1/s1. The van der Waals surface area contributed by atoms with Crippen LogP contribution >= 0.6 is 0 Å². The van der Waals surface area contributed by atoms with E-state index in [0.717, 1.165) is 19.5 Å². The molecule has 0 unspecified atom stereocenters. The minimum Gasteiger partial charge on any atom is -0.295 e. The summed E-state index contributed by atoms with van der Waals surface area (Å²) in [5, 5.41) is 0. The third kappa shape index (κ3) is 3.73. The number of hydrogen-bond donors (Lipinski definition) is 0. The van der Waals surface area contributed by atoms with E-state index in [4.69, 9.17) is 0 Å². The van der Waals surface area contributed by atoms with Crippen LogP contribution in [0.1, 0.15) is 30.0 Å². The quantitative estimate of drug-likeness (QED) is 0.551. The molecule has 0 heterocycles. The van der Waals surface area contributed by atoms with Gasteiger partial charge in [0.05, 0.1) is 0 Å². The zero-order chi connectivity index (χ0) is 17.8. The van der Waals surface area contributed by atoms with Gasteiger partial charge in [0, 0.05) is 24.5 Å². The fraction of sp³-hybridized carbons (Fsp3) is 0.280. The molecular formula is C25H27N.